The second kappa shape index (κ2) is 7.17. The van der Waals surface area contributed by atoms with Crippen LogP contribution >= 0.6 is 0 Å². The van der Waals surface area contributed by atoms with Gasteiger partial charge in [0, 0.05) is 12.6 Å². The summed E-state index contributed by atoms with van der Waals surface area (Å²) in [7, 11) is 0. The Bertz CT molecular complexity index is 447. The van der Waals surface area contributed by atoms with Crippen molar-refractivity contribution in [3.63, 3.8) is 0 Å². The number of anilines is 1. The summed E-state index contributed by atoms with van der Waals surface area (Å²) in [5.74, 6) is 1.49. The first kappa shape index (κ1) is 16.2. The first-order valence-electron chi connectivity index (χ1n) is 8.15. The molecule has 2 unspecified atom stereocenters. The molecule has 1 aliphatic rings. The molecule has 3 nitrogen and oxygen atoms in total. The van der Waals surface area contributed by atoms with Crippen LogP contribution < -0.4 is 10.1 Å². The Hall–Kier alpha value is -1.22. The second-order valence-corrected chi connectivity index (χ2v) is 6.69. The predicted molar refractivity (Wildman–Crippen MR) is 88.1 cm³/mol. The van der Waals surface area contributed by atoms with Crippen molar-refractivity contribution in [2.75, 3.05) is 18.5 Å². The largest absolute Gasteiger partial charge is 0.491 e. The first-order chi connectivity index (χ1) is 10.0. The monoisotopic (exact) mass is 291 g/mol. The zero-order valence-electron chi connectivity index (χ0n) is 13.8. The van der Waals surface area contributed by atoms with Crippen LogP contribution in [-0.4, -0.2) is 24.9 Å². The fourth-order valence-electron chi connectivity index (χ4n) is 2.69. The lowest BCUT2D eigenvalue weighted by Crippen LogP contribution is -2.41. The summed E-state index contributed by atoms with van der Waals surface area (Å²) in [6, 6.07) is 8.69. The number of benzene rings is 1. The molecule has 0 amide bonds. The highest BCUT2D eigenvalue weighted by Gasteiger charge is 2.31. The van der Waals surface area contributed by atoms with Crippen molar-refractivity contribution in [2.24, 2.45) is 5.92 Å². The Morgan fingerprint density at radius 2 is 2.14 bits per heavy atom. The maximum Gasteiger partial charge on any atom is 0.142 e. The summed E-state index contributed by atoms with van der Waals surface area (Å²) in [6.07, 6.45) is 3.15. The van der Waals surface area contributed by atoms with Gasteiger partial charge in [0.25, 0.3) is 0 Å². The molecular weight excluding hydrogens is 262 g/mol. The third kappa shape index (κ3) is 4.63. The normalized spacial score (nSPS) is 25.9. The van der Waals surface area contributed by atoms with Gasteiger partial charge >= 0.3 is 0 Å². The van der Waals surface area contributed by atoms with E-state index in [4.69, 9.17) is 9.47 Å². The number of nitrogens with one attached hydrogen (secondary N) is 1. The lowest BCUT2D eigenvalue weighted by atomic mass is 9.90. The van der Waals surface area contributed by atoms with Crippen LogP contribution in [0.25, 0.3) is 0 Å². The lowest BCUT2D eigenvalue weighted by Gasteiger charge is -2.38. The molecule has 0 bridgehead atoms. The Morgan fingerprint density at radius 1 is 1.38 bits per heavy atom. The third-order valence-corrected chi connectivity index (χ3v) is 4.16. The molecule has 1 heterocycles. The molecule has 1 aromatic rings. The van der Waals surface area contributed by atoms with Crippen molar-refractivity contribution in [1.29, 1.82) is 0 Å². The molecule has 1 aromatic carbocycles. The summed E-state index contributed by atoms with van der Waals surface area (Å²) in [4.78, 5) is 0. The number of hydrogen-bond acceptors (Lipinski definition) is 3. The van der Waals surface area contributed by atoms with Gasteiger partial charge in [0.2, 0.25) is 0 Å². The minimum atomic E-state index is 0.00362. The average Bonchev–Trinajstić information content (AvgIpc) is 2.46. The second-order valence-electron chi connectivity index (χ2n) is 6.69. The van der Waals surface area contributed by atoms with Crippen LogP contribution in [0, 0.1) is 5.92 Å². The van der Waals surface area contributed by atoms with Gasteiger partial charge in [-0.25, -0.2) is 0 Å². The van der Waals surface area contributed by atoms with Crippen LogP contribution in [0.2, 0.25) is 0 Å². The van der Waals surface area contributed by atoms with E-state index in [-0.39, 0.29) is 5.60 Å². The zero-order valence-corrected chi connectivity index (χ0v) is 13.8. The lowest BCUT2D eigenvalue weighted by molar-refractivity contribution is -0.0709. The van der Waals surface area contributed by atoms with E-state index in [0.717, 1.165) is 43.9 Å². The van der Waals surface area contributed by atoms with E-state index in [0.29, 0.717) is 12.0 Å². The van der Waals surface area contributed by atoms with E-state index in [1.807, 2.05) is 12.1 Å². The number of ether oxygens (including phenoxy) is 2. The van der Waals surface area contributed by atoms with Crippen LogP contribution in [0.1, 0.15) is 47.0 Å². The number of rotatable bonds is 6. The van der Waals surface area contributed by atoms with Gasteiger partial charge in [-0.1, -0.05) is 32.9 Å². The minimum absolute atomic E-state index is 0.00362. The maximum absolute atomic E-state index is 5.92. The highest BCUT2D eigenvalue weighted by atomic mass is 16.5. The minimum Gasteiger partial charge on any atom is -0.491 e. The van der Waals surface area contributed by atoms with Crippen molar-refractivity contribution in [3.05, 3.63) is 24.3 Å². The van der Waals surface area contributed by atoms with Crippen LogP contribution in [-0.2, 0) is 4.74 Å². The van der Waals surface area contributed by atoms with E-state index in [1.165, 1.54) is 0 Å². The molecule has 1 N–H and O–H groups in total. The molecule has 1 fully saturated rings. The molecule has 0 aromatic heterocycles. The zero-order chi connectivity index (χ0) is 15.3. The van der Waals surface area contributed by atoms with Crippen LogP contribution in [0.5, 0.6) is 5.75 Å². The molecule has 0 saturated carbocycles. The van der Waals surface area contributed by atoms with Crippen LogP contribution in [0.15, 0.2) is 24.3 Å². The van der Waals surface area contributed by atoms with Gasteiger partial charge in [-0.05, 0) is 44.2 Å². The fourth-order valence-corrected chi connectivity index (χ4v) is 2.69. The quantitative estimate of drug-likeness (QED) is 0.838. The SMILES string of the molecule is CCC1(C)CC(Nc2ccccc2OCC(C)C)CCO1. The molecule has 0 radical (unpaired) electrons. The molecule has 1 aliphatic heterocycles. The van der Waals surface area contributed by atoms with E-state index in [9.17, 15) is 0 Å². The van der Waals surface area contributed by atoms with Gasteiger partial charge in [0.05, 0.1) is 17.9 Å². The molecule has 3 heteroatoms. The Balaban J connectivity index is 2.02. The summed E-state index contributed by atoms with van der Waals surface area (Å²) in [5.41, 5.74) is 1.10. The highest BCUT2D eigenvalue weighted by Crippen LogP contribution is 2.32. The van der Waals surface area contributed by atoms with Gasteiger partial charge in [-0.15, -0.1) is 0 Å². The van der Waals surface area contributed by atoms with Crippen LogP contribution in [0.4, 0.5) is 5.69 Å². The molecular formula is C18H29NO2. The first-order valence-corrected chi connectivity index (χ1v) is 8.15. The fraction of sp³-hybridized carbons (Fsp3) is 0.667. The van der Waals surface area contributed by atoms with Gasteiger partial charge in [-0.3, -0.25) is 0 Å². The number of hydrogen-bond donors (Lipinski definition) is 1. The predicted octanol–water partition coefficient (Wildman–Crippen LogP) is 4.48. The van der Waals surface area contributed by atoms with E-state index in [2.05, 4.69) is 45.1 Å². The summed E-state index contributed by atoms with van der Waals surface area (Å²) in [5, 5.41) is 3.66. The van der Waals surface area contributed by atoms with Crippen molar-refractivity contribution in [1.82, 2.24) is 0 Å². The molecule has 0 aliphatic carbocycles. The Morgan fingerprint density at radius 3 is 2.86 bits per heavy atom. The highest BCUT2D eigenvalue weighted by molar-refractivity contribution is 5.56. The molecule has 21 heavy (non-hydrogen) atoms. The van der Waals surface area contributed by atoms with Gasteiger partial charge < -0.3 is 14.8 Å². The van der Waals surface area contributed by atoms with E-state index < -0.39 is 0 Å². The maximum atomic E-state index is 5.92. The summed E-state index contributed by atoms with van der Waals surface area (Å²) >= 11 is 0. The Kier molecular flexibility index (Phi) is 5.51. The third-order valence-electron chi connectivity index (χ3n) is 4.16. The van der Waals surface area contributed by atoms with Crippen LogP contribution in [0.3, 0.4) is 0 Å². The summed E-state index contributed by atoms with van der Waals surface area (Å²) < 4.78 is 11.8. The van der Waals surface area contributed by atoms with Crippen molar-refractivity contribution in [3.8, 4) is 5.75 Å². The molecule has 118 valence electrons. The standard InChI is InChI=1S/C18H29NO2/c1-5-18(4)12-15(10-11-21-18)19-16-8-6-7-9-17(16)20-13-14(2)3/h6-9,14-15,19H,5,10-13H2,1-4H3. The van der Waals surface area contributed by atoms with Crippen molar-refractivity contribution >= 4 is 5.69 Å². The molecule has 2 rings (SSSR count). The van der Waals surface area contributed by atoms with Gasteiger partial charge in [0.15, 0.2) is 0 Å². The molecule has 2 atom stereocenters. The van der Waals surface area contributed by atoms with Gasteiger partial charge in [-0.2, -0.15) is 0 Å². The smallest absolute Gasteiger partial charge is 0.142 e. The van der Waals surface area contributed by atoms with E-state index >= 15 is 0 Å². The average molecular weight is 291 g/mol. The van der Waals surface area contributed by atoms with Gasteiger partial charge in [0.1, 0.15) is 5.75 Å². The topological polar surface area (TPSA) is 30.5 Å². The molecule has 1 saturated heterocycles. The summed E-state index contributed by atoms with van der Waals surface area (Å²) in [6.45, 7) is 10.3. The van der Waals surface area contributed by atoms with Crippen molar-refractivity contribution < 1.29 is 9.47 Å². The van der Waals surface area contributed by atoms with Crippen molar-refractivity contribution in [2.45, 2.75) is 58.6 Å². The van der Waals surface area contributed by atoms with E-state index in [1.54, 1.807) is 0 Å². The molecule has 0 spiro atoms. The number of para-hydroxylation sites is 2. The Labute approximate surface area is 129 Å².